The summed E-state index contributed by atoms with van der Waals surface area (Å²) in [5.74, 6) is 5.27. The first-order valence-corrected chi connectivity index (χ1v) is 6.90. The van der Waals surface area contributed by atoms with Crippen molar-refractivity contribution in [3.8, 4) is 0 Å². The topological polar surface area (TPSA) is 72.2 Å². The molecule has 0 aromatic carbocycles. The summed E-state index contributed by atoms with van der Waals surface area (Å²) < 4.78 is 43.8. The summed E-state index contributed by atoms with van der Waals surface area (Å²) in [6.07, 6.45) is -0.323. The molecule has 2 heterocycles. The van der Waals surface area contributed by atoms with Gasteiger partial charge in [-0.15, -0.1) is 0 Å². The van der Waals surface area contributed by atoms with E-state index in [1.165, 1.54) is 0 Å². The van der Waals surface area contributed by atoms with Crippen molar-refractivity contribution >= 4 is 11.6 Å². The van der Waals surface area contributed by atoms with Gasteiger partial charge in [-0.3, -0.25) is 0 Å². The van der Waals surface area contributed by atoms with Gasteiger partial charge in [-0.2, -0.15) is 13.2 Å². The van der Waals surface area contributed by atoms with E-state index >= 15 is 0 Å². The van der Waals surface area contributed by atoms with Crippen LogP contribution in [-0.4, -0.2) is 24.2 Å². The number of pyridine rings is 1. The van der Waals surface area contributed by atoms with Gasteiger partial charge in [0.1, 0.15) is 11.6 Å². The molecule has 118 valence electrons. The molecule has 4 N–H and O–H groups in total. The predicted molar refractivity (Wildman–Crippen MR) is 73.7 cm³/mol. The maximum atomic E-state index is 12.8. The smallest absolute Gasteiger partial charge is 0.378 e. The Hall–Kier alpha value is -1.54. The SMILES string of the molecule is NNc1cc(C(F)(F)F)cc(NCCC2CCCCO2)n1. The van der Waals surface area contributed by atoms with E-state index in [1.54, 1.807) is 0 Å². The monoisotopic (exact) mass is 304 g/mol. The van der Waals surface area contributed by atoms with Crippen LogP contribution < -0.4 is 16.6 Å². The highest BCUT2D eigenvalue weighted by atomic mass is 19.4. The van der Waals surface area contributed by atoms with Crippen LogP contribution in [0.25, 0.3) is 0 Å². The zero-order valence-corrected chi connectivity index (χ0v) is 11.5. The highest BCUT2D eigenvalue weighted by Gasteiger charge is 2.31. The largest absolute Gasteiger partial charge is 0.416 e. The third-order valence-corrected chi connectivity index (χ3v) is 3.35. The number of hydrogen-bond donors (Lipinski definition) is 3. The van der Waals surface area contributed by atoms with E-state index in [9.17, 15) is 13.2 Å². The van der Waals surface area contributed by atoms with Crippen molar-refractivity contribution in [2.75, 3.05) is 23.9 Å². The van der Waals surface area contributed by atoms with Crippen LogP contribution in [0.1, 0.15) is 31.2 Å². The van der Waals surface area contributed by atoms with Crippen molar-refractivity contribution in [1.82, 2.24) is 4.98 Å². The normalized spacial score (nSPS) is 19.3. The van der Waals surface area contributed by atoms with Crippen molar-refractivity contribution in [2.45, 2.75) is 38.0 Å². The third-order valence-electron chi connectivity index (χ3n) is 3.35. The Morgan fingerprint density at radius 1 is 1.29 bits per heavy atom. The Morgan fingerprint density at radius 2 is 2.05 bits per heavy atom. The second kappa shape index (κ2) is 6.95. The fourth-order valence-electron chi connectivity index (χ4n) is 2.26. The summed E-state index contributed by atoms with van der Waals surface area (Å²) in [4.78, 5) is 3.96. The number of hydrazine groups is 1. The van der Waals surface area contributed by atoms with Crippen LogP contribution in [0.4, 0.5) is 24.8 Å². The number of rotatable bonds is 5. The summed E-state index contributed by atoms with van der Waals surface area (Å²) in [6.45, 7) is 1.26. The molecule has 1 atom stereocenters. The molecule has 0 spiro atoms. The number of anilines is 2. The molecule has 1 aromatic heterocycles. The van der Waals surface area contributed by atoms with Crippen LogP contribution in [0, 0.1) is 0 Å². The molecule has 1 fully saturated rings. The molecular formula is C13H19F3N4O. The molecule has 1 unspecified atom stereocenters. The van der Waals surface area contributed by atoms with Gasteiger partial charge in [0, 0.05) is 13.2 Å². The number of alkyl halides is 3. The molecule has 8 heteroatoms. The summed E-state index contributed by atoms with van der Waals surface area (Å²) >= 11 is 0. The van der Waals surface area contributed by atoms with E-state index in [2.05, 4.69) is 15.7 Å². The van der Waals surface area contributed by atoms with E-state index in [-0.39, 0.29) is 17.7 Å². The number of aromatic nitrogens is 1. The molecule has 0 amide bonds. The van der Waals surface area contributed by atoms with Crippen LogP contribution in [0.5, 0.6) is 0 Å². The Kier molecular flexibility index (Phi) is 5.24. The van der Waals surface area contributed by atoms with E-state index in [1.807, 2.05) is 0 Å². The molecule has 1 aliphatic heterocycles. The minimum absolute atomic E-state index is 0.0266. The lowest BCUT2D eigenvalue weighted by Crippen LogP contribution is -2.22. The number of nitrogen functional groups attached to an aromatic ring is 1. The fourth-order valence-corrected chi connectivity index (χ4v) is 2.26. The summed E-state index contributed by atoms with van der Waals surface area (Å²) in [6, 6.07) is 1.85. The van der Waals surface area contributed by atoms with Gasteiger partial charge >= 0.3 is 6.18 Å². The molecule has 1 aliphatic rings. The van der Waals surface area contributed by atoms with Gasteiger partial charge in [-0.25, -0.2) is 10.8 Å². The average Bonchev–Trinajstić information content (AvgIpc) is 2.47. The maximum absolute atomic E-state index is 12.8. The highest BCUT2D eigenvalue weighted by Crippen LogP contribution is 2.31. The number of nitrogens with zero attached hydrogens (tertiary/aromatic N) is 1. The Labute approximate surface area is 121 Å². The van der Waals surface area contributed by atoms with Crippen molar-refractivity contribution in [3.05, 3.63) is 17.7 Å². The Morgan fingerprint density at radius 3 is 2.67 bits per heavy atom. The van der Waals surface area contributed by atoms with E-state index in [0.717, 1.165) is 44.4 Å². The molecule has 0 saturated carbocycles. The Balaban J connectivity index is 1.95. The van der Waals surface area contributed by atoms with E-state index in [0.29, 0.717) is 6.54 Å². The second-order valence-electron chi connectivity index (χ2n) is 4.97. The van der Waals surface area contributed by atoms with Gasteiger partial charge in [0.05, 0.1) is 11.7 Å². The summed E-state index contributed by atoms with van der Waals surface area (Å²) in [5.41, 5.74) is 1.35. The minimum atomic E-state index is -4.43. The van der Waals surface area contributed by atoms with Crippen molar-refractivity contribution in [1.29, 1.82) is 0 Å². The number of ether oxygens (including phenoxy) is 1. The van der Waals surface area contributed by atoms with Gasteiger partial charge in [-0.1, -0.05) is 0 Å². The molecule has 1 saturated heterocycles. The van der Waals surface area contributed by atoms with Crippen molar-refractivity contribution in [2.24, 2.45) is 5.84 Å². The van der Waals surface area contributed by atoms with Crippen molar-refractivity contribution in [3.63, 3.8) is 0 Å². The number of halogens is 3. The molecule has 1 aromatic rings. The minimum Gasteiger partial charge on any atom is -0.378 e. The lowest BCUT2D eigenvalue weighted by molar-refractivity contribution is -0.137. The Bertz CT molecular complexity index is 461. The molecule has 5 nitrogen and oxygen atoms in total. The molecule has 2 rings (SSSR count). The predicted octanol–water partition coefficient (Wildman–Crippen LogP) is 2.76. The maximum Gasteiger partial charge on any atom is 0.416 e. The van der Waals surface area contributed by atoms with Crippen LogP contribution in [-0.2, 0) is 10.9 Å². The van der Waals surface area contributed by atoms with Crippen LogP contribution in [0.15, 0.2) is 12.1 Å². The van der Waals surface area contributed by atoms with Gasteiger partial charge in [0.15, 0.2) is 0 Å². The standard InChI is InChI=1S/C13H19F3N4O/c14-13(15,16)9-7-11(19-12(8-9)20-17)18-5-4-10-3-1-2-6-21-10/h7-8,10H,1-6,17H2,(H2,18,19,20). The second-order valence-corrected chi connectivity index (χ2v) is 4.97. The molecule has 0 aliphatic carbocycles. The molecule has 21 heavy (non-hydrogen) atoms. The van der Waals surface area contributed by atoms with Crippen LogP contribution >= 0.6 is 0 Å². The lowest BCUT2D eigenvalue weighted by Gasteiger charge is -2.22. The van der Waals surface area contributed by atoms with Crippen molar-refractivity contribution < 1.29 is 17.9 Å². The van der Waals surface area contributed by atoms with Gasteiger partial charge in [0.25, 0.3) is 0 Å². The first kappa shape index (κ1) is 15.8. The fraction of sp³-hybridized carbons (Fsp3) is 0.615. The third kappa shape index (κ3) is 4.75. The van der Waals surface area contributed by atoms with Gasteiger partial charge in [0.2, 0.25) is 0 Å². The lowest BCUT2D eigenvalue weighted by atomic mass is 10.1. The zero-order valence-electron chi connectivity index (χ0n) is 11.5. The summed E-state index contributed by atoms with van der Waals surface area (Å²) in [5, 5.41) is 2.89. The highest BCUT2D eigenvalue weighted by molar-refractivity contribution is 5.49. The number of hydrogen-bond acceptors (Lipinski definition) is 5. The number of nitrogens with two attached hydrogens (primary N) is 1. The quantitative estimate of drug-likeness (QED) is 0.576. The molecule has 0 radical (unpaired) electrons. The molecular weight excluding hydrogens is 285 g/mol. The van der Waals surface area contributed by atoms with Crippen LogP contribution in [0.2, 0.25) is 0 Å². The number of nitrogens with one attached hydrogen (secondary N) is 2. The first-order valence-electron chi connectivity index (χ1n) is 6.90. The summed E-state index contributed by atoms with van der Waals surface area (Å²) in [7, 11) is 0. The average molecular weight is 304 g/mol. The van der Waals surface area contributed by atoms with E-state index < -0.39 is 11.7 Å². The molecule has 0 bridgehead atoms. The van der Waals surface area contributed by atoms with Crippen LogP contribution in [0.3, 0.4) is 0 Å². The van der Waals surface area contributed by atoms with E-state index in [4.69, 9.17) is 10.6 Å². The van der Waals surface area contributed by atoms with Gasteiger partial charge in [-0.05, 0) is 37.8 Å². The zero-order chi connectivity index (χ0) is 15.3. The first-order chi connectivity index (χ1) is 9.99. The van der Waals surface area contributed by atoms with Gasteiger partial charge < -0.3 is 15.5 Å².